The number of benzene rings is 1. The van der Waals surface area contributed by atoms with Crippen LogP contribution in [0.15, 0.2) is 30.5 Å². The molecule has 0 spiro atoms. The number of aromatic nitrogens is 3. The van der Waals surface area contributed by atoms with Gasteiger partial charge in [-0.3, -0.25) is 0 Å². The molecule has 10 heteroatoms. The summed E-state index contributed by atoms with van der Waals surface area (Å²) >= 11 is 0. The van der Waals surface area contributed by atoms with E-state index in [4.69, 9.17) is 23.9 Å². The molecule has 2 aromatic heterocycles. The second-order valence-corrected chi connectivity index (χ2v) is 18.4. The van der Waals surface area contributed by atoms with Crippen LogP contribution in [0.4, 0.5) is 17.3 Å². The summed E-state index contributed by atoms with van der Waals surface area (Å²) in [5.74, 6) is 1.11. The molecule has 0 amide bonds. The fraction of sp³-hybridized carbons (Fsp3) is 0.515. The maximum absolute atomic E-state index is 10.1. The first-order valence-corrected chi connectivity index (χ1v) is 18.0. The summed E-state index contributed by atoms with van der Waals surface area (Å²) in [4.78, 5) is 14.1. The molecule has 0 aliphatic carbocycles. The molecule has 9 nitrogen and oxygen atoms in total. The molecule has 1 atom stereocenters. The first-order valence-electron chi connectivity index (χ1n) is 15.1. The molecule has 1 aromatic carbocycles. The van der Waals surface area contributed by atoms with E-state index in [1.807, 2.05) is 32.0 Å². The average molecular weight is 601 g/mol. The molecule has 4 heterocycles. The minimum Gasteiger partial charge on any atom is -0.474 e. The minimum absolute atomic E-state index is 0.118. The predicted octanol–water partition coefficient (Wildman–Crippen LogP) is 7.03. The zero-order valence-electron chi connectivity index (χ0n) is 26.7. The van der Waals surface area contributed by atoms with Crippen molar-refractivity contribution in [2.45, 2.75) is 84.0 Å². The SMILES string of the molecule is Cc1cc(Nc2nccc(-c3cc(C#N)c4c(c3)[C@@](C)(CO[Si](C)(C)C(C)(C)C)CN4)n2)c(C)nc1OC1CCOCC1. The van der Waals surface area contributed by atoms with Gasteiger partial charge in [0.05, 0.1) is 41.5 Å². The molecule has 0 unspecified atom stereocenters. The van der Waals surface area contributed by atoms with Crippen molar-refractivity contribution in [3.05, 3.63) is 52.8 Å². The fourth-order valence-electron chi connectivity index (χ4n) is 5.19. The Bertz CT molecular complexity index is 1540. The van der Waals surface area contributed by atoms with Gasteiger partial charge in [0.1, 0.15) is 12.2 Å². The second-order valence-electron chi connectivity index (χ2n) is 13.6. The molecule has 0 saturated carbocycles. The molecule has 5 rings (SSSR count). The molecular formula is C33H44N6O3Si. The zero-order chi connectivity index (χ0) is 31.0. The smallest absolute Gasteiger partial charge is 0.227 e. The van der Waals surface area contributed by atoms with Gasteiger partial charge in [-0.05, 0) is 61.8 Å². The number of rotatable bonds is 8. The van der Waals surface area contributed by atoms with Crippen molar-refractivity contribution < 1.29 is 13.9 Å². The summed E-state index contributed by atoms with van der Waals surface area (Å²) in [6.07, 6.45) is 3.60. The average Bonchev–Trinajstić information content (AvgIpc) is 3.31. The van der Waals surface area contributed by atoms with Crippen molar-refractivity contribution in [3.8, 4) is 23.2 Å². The Balaban J connectivity index is 1.40. The van der Waals surface area contributed by atoms with Crippen LogP contribution in [0.3, 0.4) is 0 Å². The van der Waals surface area contributed by atoms with Gasteiger partial charge in [0.25, 0.3) is 0 Å². The van der Waals surface area contributed by atoms with Crippen LogP contribution in [0.5, 0.6) is 5.88 Å². The number of pyridine rings is 1. The number of hydrogen-bond acceptors (Lipinski definition) is 9. The van der Waals surface area contributed by atoms with Gasteiger partial charge in [-0.1, -0.05) is 27.7 Å². The van der Waals surface area contributed by atoms with Crippen LogP contribution in [-0.2, 0) is 14.6 Å². The molecule has 0 radical (unpaired) electrons. The summed E-state index contributed by atoms with van der Waals surface area (Å²) in [5, 5.41) is 17.0. The standard InChI is InChI=1S/C33H44N6O3Si/c1-21-15-28(22(2)37-30(21)42-25-10-13-40-14-11-25)39-31-35-12-9-27(38-31)23-16-24(18-34)29-26(17-23)33(6,19-36-29)20-41-43(7,8)32(3,4)5/h9,12,15-17,25,36H,10-11,13-14,19-20H2,1-8H3,(H,35,38,39)/t33-/m1/s1. The van der Waals surface area contributed by atoms with Gasteiger partial charge in [0.2, 0.25) is 11.8 Å². The third-order valence-electron chi connectivity index (χ3n) is 9.12. The van der Waals surface area contributed by atoms with E-state index in [-0.39, 0.29) is 16.6 Å². The van der Waals surface area contributed by atoms with E-state index >= 15 is 0 Å². The number of hydrogen-bond donors (Lipinski definition) is 2. The second kappa shape index (κ2) is 11.9. The van der Waals surface area contributed by atoms with Crippen LogP contribution in [-0.4, -0.2) is 55.7 Å². The van der Waals surface area contributed by atoms with Crippen molar-refractivity contribution in [3.63, 3.8) is 0 Å². The number of fused-ring (bicyclic) bond motifs is 1. The van der Waals surface area contributed by atoms with Gasteiger partial charge in [0, 0.05) is 48.7 Å². The maximum Gasteiger partial charge on any atom is 0.227 e. The summed E-state index contributed by atoms with van der Waals surface area (Å²) < 4.78 is 18.3. The highest BCUT2D eigenvalue weighted by Gasteiger charge is 2.42. The first kappa shape index (κ1) is 30.9. The molecule has 2 aliphatic rings. The molecule has 43 heavy (non-hydrogen) atoms. The third-order valence-corrected chi connectivity index (χ3v) is 13.6. The molecule has 0 bridgehead atoms. The van der Waals surface area contributed by atoms with Crippen molar-refractivity contribution in [1.82, 2.24) is 15.0 Å². The number of nitrogens with zero attached hydrogens (tertiary/aromatic N) is 4. The number of nitrogens with one attached hydrogen (secondary N) is 2. The lowest BCUT2D eigenvalue weighted by Gasteiger charge is -2.39. The third kappa shape index (κ3) is 6.54. The Kier molecular flexibility index (Phi) is 8.53. The molecule has 2 N–H and O–H groups in total. The van der Waals surface area contributed by atoms with Crippen LogP contribution in [0.25, 0.3) is 11.3 Å². The zero-order valence-corrected chi connectivity index (χ0v) is 27.7. The molecule has 1 saturated heterocycles. The lowest BCUT2D eigenvalue weighted by atomic mass is 9.83. The Morgan fingerprint density at radius 2 is 1.91 bits per heavy atom. The van der Waals surface area contributed by atoms with Gasteiger partial charge in [-0.2, -0.15) is 5.26 Å². The van der Waals surface area contributed by atoms with Gasteiger partial charge in [0.15, 0.2) is 8.32 Å². The number of nitriles is 1. The summed E-state index contributed by atoms with van der Waals surface area (Å²) in [7, 11) is -1.95. The van der Waals surface area contributed by atoms with Crippen LogP contribution >= 0.6 is 0 Å². The van der Waals surface area contributed by atoms with Crippen LogP contribution in [0.1, 0.15) is 62.9 Å². The van der Waals surface area contributed by atoms with Crippen molar-refractivity contribution in [2.24, 2.45) is 0 Å². The molecular weight excluding hydrogens is 556 g/mol. The van der Waals surface area contributed by atoms with E-state index in [9.17, 15) is 5.26 Å². The van der Waals surface area contributed by atoms with Crippen molar-refractivity contribution in [2.75, 3.05) is 37.0 Å². The predicted molar refractivity (Wildman–Crippen MR) is 173 cm³/mol. The molecule has 228 valence electrons. The van der Waals surface area contributed by atoms with Crippen LogP contribution in [0.2, 0.25) is 18.1 Å². The normalized spacial score (nSPS) is 19.0. The highest BCUT2D eigenvalue weighted by atomic mass is 28.4. The van der Waals surface area contributed by atoms with Gasteiger partial charge < -0.3 is 24.5 Å². The lowest BCUT2D eigenvalue weighted by molar-refractivity contribution is 0.0234. The fourth-order valence-corrected chi connectivity index (χ4v) is 6.30. The van der Waals surface area contributed by atoms with E-state index in [0.717, 1.165) is 65.5 Å². The Labute approximate surface area is 256 Å². The topological polar surface area (TPSA) is 114 Å². The summed E-state index contributed by atoms with van der Waals surface area (Å²) in [6, 6.07) is 10.3. The van der Waals surface area contributed by atoms with E-state index < -0.39 is 8.32 Å². The molecule has 1 fully saturated rings. The van der Waals surface area contributed by atoms with Crippen molar-refractivity contribution in [1.29, 1.82) is 5.26 Å². The minimum atomic E-state index is -1.95. The number of ether oxygens (including phenoxy) is 2. The van der Waals surface area contributed by atoms with Crippen LogP contribution in [0, 0.1) is 25.2 Å². The first-order chi connectivity index (χ1) is 20.3. The Morgan fingerprint density at radius 1 is 1.16 bits per heavy atom. The summed E-state index contributed by atoms with van der Waals surface area (Å²) in [5.41, 5.74) is 6.48. The Hall–Kier alpha value is -3.52. The van der Waals surface area contributed by atoms with E-state index in [1.54, 1.807) is 6.20 Å². The lowest BCUT2D eigenvalue weighted by Crippen LogP contribution is -2.45. The van der Waals surface area contributed by atoms with Crippen molar-refractivity contribution >= 4 is 25.6 Å². The van der Waals surface area contributed by atoms with Gasteiger partial charge in [-0.15, -0.1) is 0 Å². The quantitative estimate of drug-likeness (QED) is 0.263. The van der Waals surface area contributed by atoms with Gasteiger partial charge in [-0.25, -0.2) is 15.0 Å². The van der Waals surface area contributed by atoms with E-state index in [0.29, 0.717) is 30.5 Å². The Morgan fingerprint density at radius 3 is 2.60 bits per heavy atom. The summed E-state index contributed by atoms with van der Waals surface area (Å²) in [6.45, 7) is 20.2. The van der Waals surface area contributed by atoms with Gasteiger partial charge >= 0.3 is 0 Å². The number of aryl methyl sites for hydroxylation is 2. The highest BCUT2D eigenvalue weighted by Crippen LogP contribution is 2.44. The largest absolute Gasteiger partial charge is 0.474 e. The number of anilines is 3. The van der Waals surface area contributed by atoms with E-state index in [2.05, 4.69) is 68.5 Å². The monoisotopic (exact) mass is 600 g/mol. The molecule has 3 aromatic rings. The van der Waals surface area contributed by atoms with E-state index in [1.165, 1.54) is 0 Å². The highest BCUT2D eigenvalue weighted by molar-refractivity contribution is 6.74. The maximum atomic E-state index is 10.1. The molecule has 2 aliphatic heterocycles. The van der Waals surface area contributed by atoms with Crippen LogP contribution < -0.4 is 15.4 Å².